The normalized spacial score (nSPS) is 20.9. The lowest BCUT2D eigenvalue weighted by molar-refractivity contribution is -0.139. The molecule has 4 amide bonds. The minimum absolute atomic E-state index is 0.168. The van der Waals surface area contributed by atoms with Crippen LogP contribution in [0.1, 0.15) is 51.2 Å². The lowest BCUT2D eigenvalue weighted by atomic mass is 9.97. The van der Waals surface area contributed by atoms with E-state index in [0.29, 0.717) is 31.2 Å². The molecule has 5 atom stereocenters. The number of hydrogen-bond donors (Lipinski definition) is 4. The number of nitrogens with one attached hydrogen (secondary N) is 3. The van der Waals surface area contributed by atoms with E-state index in [9.17, 15) is 28.8 Å². The SMILES string of the molecule is CC[C@H](C)[C@H](NC(C)=O)C(=O)N[C@H]1CCc2cccc3c2N(C1=O)[C@H](C(=O)N[C@H](C=O)CC(=O)O)C3. The summed E-state index contributed by atoms with van der Waals surface area (Å²) in [6.45, 7) is 5.05. The number of aryl methyl sites for hydroxylation is 1. The van der Waals surface area contributed by atoms with Crippen LogP contribution in [0.5, 0.6) is 0 Å². The predicted molar refractivity (Wildman–Crippen MR) is 129 cm³/mol. The molecule has 0 saturated carbocycles. The van der Waals surface area contributed by atoms with Crippen molar-refractivity contribution in [2.45, 2.75) is 77.0 Å². The second-order valence-electron chi connectivity index (χ2n) is 9.37. The van der Waals surface area contributed by atoms with Crippen LogP contribution in [0, 0.1) is 5.92 Å². The van der Waals surface area contributed by atoms with E-state index in [1.54, 1.807) is 0 Å². The number of carboxylic acid groups (broad SMARTS) is 1. The van der Waals surface area contributed by atoms with Gasteiger partial charge in [-0.25, -0.2) is 0 Å². The van der Waals surface area contributed by atoms with Crippen LogP contribution in [-0.2, 0) is 41.6 Å². The third-order valence-corrected chi connectivity index (χ3v) is 6.77. The van der Waals surface area contributed by atoms with Gasteiger partial charge in [0.05, 0.1) is 18.2 Å². The second-order valence-corrected chi connectivity index (χ2v) is 9.37. The van der Waals surface area contributed by atoms with Gasteiger partial charge in [-0.15, -0.1) is 0 Å². The number of hydrogen-bond acceptors (Lipinski definition) is 6. The van der Waals surface area contributed by atoms with Crippen molar-refractivity contribution in [3.63, 3.8) is 0 Å². The Labute approximate surface area is 209 Å². The molecule has 4 N–H and O–H groups in total. The molecule has 2 heterocycles. The van der Waals surface area contributed by atoms with Crippen molar-refractivity contribution in [2.75, 3.05) is 4.90 Å². The molecule has 0 aromatic heterocycles. The van der Waals surface area contributed by atoms with Gasteiger partial charge in [-0.2, -0.15) is 0 Å². The number of nitrogens with zero attached hydrogens (tertiary/aromatic N) is 1. The fourth-order valence-electron chi connectivity index (χ4n) is 4.76. The number of carboxylic acids is 1. The van der Waals surface area contributed by atoms with Crippen LogP contribution in [0.2, 0.25) is 0 Å². The zero-order valence-corrected chi connectivity index (χ0v) is 20.6. The molecule has 0 saturated heterocycles. The molecule has 11 nitrogen and oxygen atoms in total. The highest BCUT2D eigenvalue weighted by atomic mass is 16.4. The molecule has 3 rings (SSSR count). The summed E-state index contributed by atoms with van der Waals surface area (Å²) in [5, 5.41) is 16.8. The number of amides is 4. The van der Waals surface area contributed by atoms with Crippen LogP contribution < -0.4 is 20.9 Å². The smallest absolute Gasteiger partial charge is 0.305 e. The average molecular weight is 501 g/mol. The molecule has 0 fully saturated rings. The molecule has 1 aromatic carbocycles. The molecule has 2 aliphatic heterocycles. The Kier molecular flexibility index (Phi) is 8.44. The van der Waals surface area contributed by atoms with E-state index in [2.05, 4.69) is 16.0 Å². The zero-order valence-electron chi connectivity index (χ0n) is 20.6. The Bertz CT molecular complexity index is 1070. The minimum atomic E-state index is -1.24. The maximum Gasteiger partial charge on any atom is 0.305 e. The summed E-state index contributed by atoms with van der Waals surface area (Å²) in [7, 11) is 0. The summed E-state index contributed by atoms with van der Waals surface area (Å²) in [4.78, 5) is 75.3. The van der Waals surface area contributed by atoms with E-state index in [4.69, 9.17) is 5.11 Å². The first-order chi connectivity index (χ1) is 17.1. The van der Waals surface area contributed by atoms with E-state index >= 15 is 0 Å². The van der Waals surface area contributed by atoms with E-state index < -0.39 is 54.3 Å². The summed E-state index contributed by atoms with van der Waals surface area (Å²) in [5.74, 6) is -3.37. The Hall–Kier alpha value is -3.76. The summed E-state index contributed by atoms with van der Waals surface area (Å²) >= 11 is 0. The molecule has 0 spiro atoms. The number of carbonyl (C=O) groups excluding carboxylic acids is 5. The van der Waals surface area contributed by atoms with Crippen LogP contribution in [-0.4, -0.2) is 65.2 Å². The Morgan fingerprint density at radius 3 is 2.50 bits per heavy atom. The van der Waals surface area contributed by atoms with Gasteiger partial charge in [0.15, 0.2) is 0 Å². The Morgan fingerprint density at radius 2 is 1.89 bits per heavy atom. The van der Waals surface area contributed by atoms with Crippen molar-refractivity contribution < 1.29 is 33.9 Å². The van der Waals surface area contributed by atoms with Crippen LogP contribution in [0.4, 0.5) is 5.69 Å². The Morgan fingerprint density at radius 1 is 1.19 bits per heavy atom. The predicted octanol–water partition coefficient (Wildman–Crippen LogP) is 0.0845. The van der Waals surface area contributed by atoms with Gasteiger partial charge in [0.2, 0.25) is 23.6 Å². The van der Waals surface area contributed by atoms with Crippen LogP contribution >= 0.6 is 0 Å². The van der Waals surface area contributed by atoms with E-state index in [1.807, 2.05) is 32.0 Å². The summed E-state index contributed by atoms with van der Waals surface area (Å²) in [5.41, 5.74) is 2.25. The molecule has 0 aliphatic carbocycles. The summed E-state index contributed by atoms with van der Waals surface area (Å²) < 4.78 is 0. The fourth-order valence-corrected chi connectivity index (χ4v) is 4.76. The lowest BCUT2D eigenvalue weighted by Gasteiger charge is -2.30. The van der Waals surface area contributed by atoms with Gasteiger partial charge in [-0.3, -0.25) is 28.9 Å². The first-order valence-electron chi connectivity index (χ1n) is 12.1. The van der Waals surface area contributed by atoms with Crippen molar-refractivity contribution in [3.8, 4) is 0 Å². The van der Waals surface area contributed by atoms with Gasteiger partial charge in [0, 0.05) is 13.3 Å². The molecule has 36 heavy (non-hydrogen) atoms. The third kappa shape index (κ3) is 5.72. The highest BCUT2D eigenvalue weighted by Gasteiger charge is 2.44. The van der Waals surface area contributed by atoms with E-state index in [1.165, 1.54) is 11.8 Å². The maximum absolute atomic E-state index is 13.7. The second kappa shape index (κ2) is 11.3. The molecular formula is C25H32N4O7. The van der Waals surface area contributed by atoms with Gasteiger partial charge in [0.25, 0.3) is 0 Å². The van der Waals surface area contributed by atoms with Crippen LogP contribution in [0.25, 0.3) is 0 Å². The van der Waals surface area contributed by atoms with Gasteiger partial charge < -0.3 is 25.9 Å². The van der Waals surface area contributed by atoms with Crippen molar-refractivity contribution in [1.82, 2.24) is 16.0 Å². The zero-order chi connectivity index (χ0) is 26.6. The van der Waals surface area contributed by atoms with Crippen molar-refractivity contribution >= 4 is 41.6 Å². The third-order valence-electron chi connectivity index (χ3n) is 6.77. The number of aliphatic carboxylic acids is 1. The number of rotatable bonds is 10. The van der Waals surface area contributed by atoms with Gasteiger partial charge in [0.1, 0.15) is 24.4 Å². The maximum atomic E-state index is 13.7. The molecular weight excluding hydrogens is 468 g/mol. The number of para-hydroxylation sites is 1. The van der Waals surface area contributed by atoms with Gasteiger partial charge in [-0.05, 0) is 29.9 Å². The minimum Gasteiger partial charge on any atom is -0.481 e. The molecule has 0 unspecified atom stereocenters. The summed E-state index contributed by atoms with van der Waals surface area (Å²) in [6, 6.07) is 1.53. The van der Waals surface area contributed by atoms with E-state index in [0.717, 1.165) is 11.1 Å². The molecule has 0 radical (unpaired) electrons. The number of benzene rings is 1. The fraction of sp³-hybridized carbons (Fsp3) is 0.520. The molecule has 11 heteroatoms. The highest BCUT2D eigenvalue weighted by Crippen LogP contribution is 2.39. The van der Waals surface area contributed by atoms with Crippen molar-refractivity contribution in [3.05, 3.63) is 29.3 Å². The molecule has 194 valence electrons. The lowest BCUT2D eigenvalue weighted by Crippen LogP contribution is -2.58. The molecule has 0 bridgehead atoms. The van der Waals surface area contributed by atoms with Gasteiger partial charge >= 0.3 is 5.97 Å². The average Bonchev–Trinajstić information content (AvgIpc) is 3.17. The van der Waals surface area contributed by atoms with Crippen LogP contribution in [0.15, 0.2) is 18.2 Å². The monoisotopic (exact) mass is 500 g/mol. The van der Waals surface area contributed by atoms with Crippen molar-refractivity contribution in [2.24, 2.45) is 5.92 Å². The first kappa shape index (κ1) is 26.8. The van der Waals surface area contributed by atoms with E-state index in [-0.39, 0.29) is 18.2 Å². The largest absolute Gasteiger partial charge is 0.481 e. The van der Waals surface area contributed by atoms with Crippen molar-refractivity contribution in [1.29, 1.82) is 0 Å². The standard InChI is InChI=1S/C25H32N4O7/c1-4-13(2)21(26-14(3)31)24(35)28-18-9-8-15-6-5-7-16-10-19(29(22(15)16)25(18)36)23(34)27-17(12-30)11-20(32)33/h5-7,12-13,17-19,21H,4,8-11H2,1-3H3,(H,26,31)(H,27,34)(H,28,35)(H,32,33)/t13-,17-,18-,19-,21-/m0/s1. The number of carbonyl (C=O) groups is 6. The Balaban J connectivity index is 1.87. The number of aldehydes is 1. The first-order valence-corrected chi connectivity index (χ1v) is 12.1. The topological polar surface area (TPSA) is 162 Å². The number of anilines is 1. The van der Waals surface area contributed by atoms with Gasteiger partial charge in [-0.1, -0.05) is 38.5 Å². The quantitative estimate of drug-likeness (QED) is 0.331. The highest BCUT2D eigenvalue weighted by molar-refractivity contribution is 6.08. The summed E-state index contributed by atoms with van der Waals surface area (Å²) in [6.07, 6.45) is 1.39. The molecule has 2 aliphatic rings. The van der Waals surface area contributed by atoms with Crippen LogP contribution in [0.3, 0.4) is 0 Å². The molecule has 1 aromatic rings.